The van der Waals surface area contributed by atoms with Crippen molar-refractivity contribution in [1.82, 2.24) is 10.3 Å². The van der Waals surface area contributed by atoms with Gasteiger partial charge >= 0.3 is 0 Å². The Morgan fingerprint density at radius 3 is 3.00 bits per heavy atom. The number of pyridine rings is 1. The number of hydrogen-bond acceptors (Lipinski definition) is 4. The summed E-state index contributed by atoms with van der Waals surface area (Å²) in [6.07, 6.45) is 1.01. The molecule has 1 fully saturated rings. The second kappa shape index (κ2) is 7.05. The van der Waals surface area contributed by atoms with Gasteiger partial charge in [-0.3, -0.25) is 4.98 Å². The van der Waals surface area contributed by atoms with Gasteiger partial charge in [0.05, 0.1) is 17.3 Å². The molecule has 0 aliphatic carbocycles. The van der Waals surface area contributed by atoms with Gasteiger partial charge in [0.15, 0.2) is 6.10 Å². The summed E-state index contributed by atoms with van der Waals surface area (Å²) in [5.41, 5.74) is 0.719. The van der Waals surface area contributed by atoms with Crippen molar-refractivity contribution in [2.75, 3.05) is 19.7 Å². The van der Waals surface area contributed by atoms with Gasteiger partial charge in [0.1, 0.15) is 17.7 Å². The summed E-state index contributed by atoms with van der Waals surface area (Å²) in [4.78, 5) is 4.33. The van der Waals surface area contributed by atoms with Crippen molar-refractivity contribution >= 4 is 11.6 Å². The molecule has 22 heavy (non-hydrogen) atoms. The zero-order chi connectivity index (χ0) is 15.4. The first-order valence-corrected chi connectivity index (χ1v) is 7.47. The molecule has 1 aromatic heterocycles. The molecule has 3 rings (SSSR count). The molecule has 0 spiro atoms. The van der Waals surface area contributed by atoms with Crippen molar-refractivity contribution in [3.63, 3.8) is 0 Å². The fourth-order valence-corrected chi connectivity index (χ4v) is 2.52. The summed E-state index contributed by atoms with van der Waals surface area (Å²) in [6, 6.07) is 9.60. The van der Waals surface area contributed by atoms with E-state index < -0.39 is 11.9 Å². The van der Waals surface area contributed by atoms with Crippen LogP contribution in [0.25, 0.3) is 0 Å². The van der Waals surface area contributed by atoms with Crippen LogP contribution in [0.5, 0.6) is 5.75 Å². The van der Waals surface area contributed by atoms with E-state index in [-0.39, 0.29) is 11.9 Å². The van der Waals surface area contributed by atoms with Crippen molar-refractivity contribution < 1.29 is 13.9 Å². The second-order valence-electron chi connectivity index (χ2n) is 4.98. The number of aromatic nitrogens is 1. The maximum atomic E-state index is 13.4. The Labute approximate surface area is 133 Å². The molecule has 1 aromatic carbocycles. The van der Waals surface area contributed by atoms with Gasteiger partial charge in [0.2, 0.25) is 0 Å². The molecule has 1 unspecified atom stereocenters. The Kier molecular flexibility index (Phi) is 4.87. The van der Waals surface area contributed by atoms with Gasteiger partial charge in [-0.25, -0.2) is 4.39 Å². The quantitative estimate of drug-likeness (QED) is 0.940. The highest BCUT2D eigenvalue weighted by atomic mass is 35.5. The minimum absolute atomic E-state index is 0.219. The van der Waals surface area contributed by atoms with Crippen molar-refractivity contribution in [1.29, 1.82) is 0 Å². The third-order valence-corrected chi connectivity index (χ3v) is 3.73. The lowest BCUT2D eigenvalue weighted by molar-refractivity contribution is -0.0447. The van der Waals surface area contributed by atoms with Gasteiger partial charge in [-0.15, -0.1) is 0 Å². The average molecular weight is 323 g/mol. The summed E-state index contributed by atoms with van der Waals surface area (Å²) in [5, 5.41) is 3.61. The Hall–Kier alpha value is -1.69. The van der Waals surface area contributed by atoms with E-state index in [1.54, 1.807) is 6.20 Å². The first-order valence-electron chi connectivity index (χ1n) is 7.09. The lowest BCUT2D eigenvalue weighted by atomic mass is 10.1. The molecule has 116 valence electrons. The maximum absolute atomic E-state index is 13.4. The highest BCUT2D eigenvalue weighted by molar-refractivity contribution is 6.32. The largest absolute Gasteiger partial charge is 0.480 e. The lowest BCUT2D eigenvalue weighted by Crippen LogP contribution is -2.43. The molecule has 1 aliphatic rings. The van der Waals surface area contributed by atoms with Gasteiger partial charge < -0.3 is 14.8 Å². The van der Waals surface area contributed by atoms with Gasteiger partial charge in [-0.05, 0) is 24.3 Å². The molecule has 2 atom stereocenters. The van der Waals surface area contributed by atoms with E-state index in [4.69, 9.17) is 21.1 Å². The second-order valence-corrected chi connectivity index (χ2v) is 5.39. The fraction of sp³-hybridized carbons (Fsp3) is 0.312. The van der Waals surface area contributed by atoms with E-state index in [1.807, 2.05) is 18.2 Å². The Morgan fingerprint density at radius 2 is 2.27 bits per heavy atom. The first-order chi connectivity index (χ1) is 10.7. The number of ether oxygens (including phenoxy) is 2. The van der Waals surface area contributed by atoms with Crippen LogP contribution in [-0.2, 0) is 4.74 Å². The van der Waals surface area contributed by atoms with Crippen LogP contribution in [0.15, 0.2) is 42.6 Å². The molecule has 4 nitrogen and oxygen atoms in total. The molecule has 1 aliphatic heterocycles. The Bertz CT molecular complexity index is 621. The zero-order valence-electron chi connectivity index (χ0n) is 11.8. The molecule has 2 heterocycles. The number of nitrogens with zero attached hydrogens (tertiary/aromatic N) is 1. The standard InChI is InChI=1S/C16H16ClFN2O2/c17-12-5-4-11(18)9-14(12)22-16(13-3-1-2-6-20-13)15-10-19-7-8-21-15/h1-6,9,15-16,19H,7-8,10H2/t15-,16?/m0/s1. The summed E-state index contributed by atoms with van der Waals surface area (Å²) in [6.45, 7) is 2.02. The van der Waals surface area contributed by atoms with Crippen LogP contribution in [0, 0.1) is 5.82 Å². The molecule has 0 saturated carbocycles. The number of benzene rings is 1. The smallest absolute Gasteiger partial charge is 0.168 e. The van der Waals surface area contributed by atoms with Crippen molar-refractivity contribution in [3.8, 4) is 5.75 Å². The molecule has 0 amide bonds. The van der Waals surface area contributed by atoms with Crippen LogP contribution in [-0.4, -0.2) is 30.8 Å². The lowest BCUT2D eigenvalue weighted by Gasteiger charge is -2.31. The van der Waals surface area contributed by atoms with Crippen LogP contribution < -0.4 is 10.1 Å². The third-order valence-electron chi connectivity index (χ3n) is 3.42. The van der Waals surface area contributed by atoms with Crippen molar-refractivity contribution in [3.05, 3.63) is 59.1 Å². The Morgan fingerprint density at radius 1 is 1.36 bits per heavy atom. The van der Waals surface area contributed by atoms with E-state index >= 15 is 0 Å². The van der Waals surface area contributed by atoms with E-state index in [1.165, 1.54) is 18.2 Å². The van der Waals surface area contributed by atoms with Crippen molar-refractivity contribution in [2.45, 2.75) is 12.2 Å². The highest BCUT2D eigenvalue weighted by Crippen LogP contribution is 2.31. The van der Waals surface area contributed by atoms with Gasteiger partial charge in [-0.2, -0.15) is 0 Å². The number of nitrogens with one attached hydrogen (secondary N) is 1. The zero-order valence-corrected chi connectivity index (χ0v) is 12.6. The topological polar surface area (TPSA) is 43.4 Å². The molecule has 1 saturated heterocycles. The minimum atomic E-state index is -0.465. The number of morpholine rings is 1. The van der Waals surface area contributed by atoms with Crippen LogP contribution >= 0.6 is 11.6 Å². The summed E-state index contributed by atoms with van der Waals surface area (Å²) < 4.78 is 25.2. The van der Waals surface area contributed by atoms with Crippen LogP contribution in [0.2, 0.25) is 5.02 Å². The molecule has 6 heteroatoms. The monoisotopic (exact) mass is 322 g/mol. The van der Waals surface area contributed by atoms with Crippen LogP contribution in [0.1, 0.15) is 11.8 Å². The van der Waals surface area contributed by atoms with E-state index in [0.717, 1.165) is 12.2 Å². The number of halogens is 2. The first kappa shape index (κ1) is 15.2. The minimum Gasteiger partial charge on any atom is -0.480 e. The number of hydrogen-bond donors (Lipinski definition) is 1. The SMILES string of the molecule is Fc1ccc(Cl)c(OC(c2ccccn2)[C@@H]2CNCCO2)c1. The maximum Gasteiger partial charge on any atom is 0.168 e. The third kappa shape index (κ3) is 3.55. The molecular formula is C16H16ClFN2O2. The fourth-order valence-electron chi connectivity index (χ4n) is 2.36. The molecule has 1 N–H and O–H groups in total. The van der Waals surface area contributed by atoms with Crippen LogP contribution in [0.4, 0.5) is 4.39 Å². The van der Waals surface area contributed by atoms with E-state index in [0.29, 0.717) is 18.2 Å². The molecule has 0 radical (unpaired) electrons. The number of rotatable bonds is 4. The van der Waals surface area contributed by atoms with E-state index in [2.05, 4.69) is 10.3 Å². The van der Waals surface area contributed by atoms with Crippen molar-refractivity contribution in [2.24, 2.45) is 0 Å². The average Bonchev–Trinajstić information content (AvgIpc) is 2.57. The van der Waals surface area contributed by atoms with E-state index in [9.17, 15) is 4.39 Å². The highest BCUT2D eigenvalue weighted by Gasteiger charge is 2.29. The summed E-state index contributed by atoms with van der Waals surface area (Å²) in [7, 11) is 0. The molecule has 0 bridgehead atoms. The Balaban J connectivity index is 1.89. The van der Waals surface area contributed by atoms with Crippen LogP contribution in [0.3, 0.4) is 0 Å². The normalized spacial score (nSPS) is 19.6. The predicted octanol–water partition coefficient (Wildman–Crippen LogP) is 2.98. The summed E-state index contributed by atoms with van der Waals surface area (Å²) >= 11 is 6.10. The summed E-state index contributed by atoms with van der Waals surface area (Å²) in [5.74, 6) is -0.117. The molecule has 2 aromatic rings. The van der Waals surface area contributed by atoms with Gasteiger partial charge in [0, 0.05) is 25.4 Å². The van der Waals surface area contributed by atoms with Gasteiger partial charge in [-0.1, -0.05) is 17.7 Å². The predicted molar refractivity (Wildman–Crippen MR) is 81.6 cm³/mol. The molecular weight excluding hydrogens is 307 g/mol. The van der Waals surface area contributed by atoms with Gasteiger partial charge in [0.25, 0.3) is 0 Å².